The van der Waals surface area contributed by atoms with Crippen LogP contribution in [0.5, 0.6) is 0 Å². The van der Waals surface area contributed by atoms with Crippen LogP contribution in [0.4, 0.5) is 8.78 Å². The molecule has 0 atom stereocenters. The Morgan fingerprint density at radius 3 is 2.31 bits per heavy atom. The molecule has 1 aromatic carbocycles. The zero-order chi connectivity index (χ0) is 9.90. The van der Waals surface area contributed by atoms with Gasteiger partial charge in [0, 0.05) is 13.3 Å². The minimum atomic E-state index is -3.23. The summed E-state index contributed by atoms with van der Waals surface area (Å²) in [6, 6.07) is 8.25. The first-order valence-corrected chi connectivity index (χ1v) is 3.95. The SMILES string of the molecule is CC(=O)C(F)(F)Cc1ccccc1. The van der Waals surface area contributed by atoms with Gasteiger partial charge in [0.15, 0.2) is 5.78 Å². The molecule has 70 valence electrons. The van der Waals surface area contributed by atoms with E-state index >= 15 is 0 Å². The van der Waals surface area contributed by atoms with E-state index in [1.807, 2.05) is 0 Å². The number of benzene rings is 1. The Morgan fingerprint density at radius 1 is 1.31 bits per heavy atom. The van der Waals surface area contributed by atoms with Crippen LogP contribution in [-0.4, -0.2) is 11.7 Å². The Morgan fingerprint density at radius 2 is 1.85 bits per heavy atom. The van der Waals surface area contributed by atoms with Crippen molar-refractivity contribution < 1.29 is 13.6 Å². The number of hydrogen-bond donors (Lipinski definition) is 0. The topological polar surface area (TPSA) is 17.1 Å². The lowest BCUT2D eigenvalue weighted by atomic mass is 10.1. The fourth-order valence-corrected chi connectivity index (χ4v) is 0.977. The molecule has 0 aromatic heterocycles. The Bertz CT molecular complexity index is 293. The lowest BCUT2D eigenvalue weighted by molar-refractivity contribution is -0.140. The van der Waals surface area contributed by atoms with Gasteiger partial charge in [0.1, 0.15) is 0 Å². The number of carbonyl (C=O) groups is 1. The van der Waals surface area contributed by atoms with E-state index in [4.69, 9.17) is 0 Å². The largest absolute Gasteiger partial charge is 0.308 e. The molecule has 0 bridgehead atoms. The van der Waals surface area contributed by atoms with Crippen molar-refractivity contribution in [1.29, 1.82) is 0 Å². The number of halogens is 2. The molecule has 0 aliphatic heterocycles. The third-order valence-electron chi connectivity index (χ3n) is 1.78. The summed E-state index contributed by atoms with van der Waals surface area (Å²) in [6.07, 6.45) is -0.511. The van der Waals surface area contributed by atoms with E-state index in [2.05, 4.69) is 0 Å². The lowest BCUT2D eigenvalue weighted by Gasteiger charge is -2.11. The monoisotopic (exact) mass is 184 g/mol. The maximum Gasteiger partial charge on any atom is 0.308 e. The highest BCUT2D eigenvalue weighted by Crippen LogP contribution is 2.20. The number of carbonyl (C=O) groups excluding carboxylic acids is 1. The normalized spacial score (nSPS) is 11.3. The fourth-order valence-electron chi connectivity index (χ4n) is 0.977. The summed E-state index contributed by atoms with van der Waals surface area (Å²) in [5.74, 6) is -4.32. The Labute approximate surface area is 75.4 Å². The fraction of sp³-hybridized carbons (Fsp3) is 0.300. The molecule has 1 nitrogen and oxygen atoms in total. The van der Waals surface area contributed by atoms with Crippen molar-refractivity contribution in [3.63, 3.8) is 0 Å². The summed E-state index contributed by atoms with van der Waals surface area (Å²) in [4.78, 5) is 10.5. The Hall–Kier alpha value is -1.25. The summed E-state index contributed by atoms with van der Waals surface area (Å²) in [6.45, 7) is 0.906. The third kappa shape index (κ3) is 2.61. The second kappa shape index (κ2) is 3.64. The predicted octanol–water partition coefficient (Wildman–Crippen LogP) is 2.45. The van der Waals surface area contributed by atoms with Crippen molar-refractivity contribution in [2.24, 2.45) is 0 Å². The van der Waals surface area contributed by atoms with Crippen LogP contribution >= 0.6 is 0 Å². The minimum absolute atomic E-state index is 0.475. The number of ketones is 1. The van der Waals surface area contributed by atoms with Gasteiger partial charge in [-0.3, -0.25) is 4.79 Å². The van der Waals surface area contributed by atoms with Crippen LogP contribution in [0.15, 0.2) is 30.3 Å². The van der Waals surface area contributed by atoms with Gasteiger partial charge in [-0.2, -0.15) is 8.78 Å². The van der Waals surface area contributed by atoms with Crippen LogP contribution in [0, 0.1) is 0 Å². The van der Waals surface area contributed by atoms with Gasteiger partial charge >= 0.3 is 5.92 Å². The van der Waals surface area contributed by atoms with Crippen LogP contribution in [0.2, 0.25) is 0 Å². The molecule has 0 unspecified atom stereocenters. The molecule has 1 aromatic rings. The van der Waals surface area contributed by atoms with Gasteiger partial charge in [0.2, 0.25) is 0 Å². The predicted molar refractivity (Wildman–Crippen MR) is 45.8 cm³/mol. The average Bonchev–Trinajstić information content (AvgIpc) is 2.05. The van der Waals surface area contributed by atoms with E-state index in [0.717, 1.165) is 6.92 Å². The second-order valence-electron chi connectivity index (χ2n) is 2.92. The molecule has 0 saturated carbocycles. The number of rotatable bonds is 3. The first-order valence-electron chi connectivity index (χ1n) is 3.95. The standard InChI is InChI=1S/C10H10F2O/c1-8(13)10(11,12)7-9-5-3-2-4-6-9/h2-6H,7H2,1H3. The average molecular weight is 184 g/mol. The first-order chi connectivity index (χ1) is 6.02. The Balaban J connectivity index is 2.75. The van der Waals surface area contributed by atoms with Gasteiger partial charge in [-0.25, -0.2) is 0 Å². The highest BCUT2D eigenvalue weighted by atomic mass is 19.3. The van der Waals surface area contributed by atoms with Gasteiger partial charge in [-0.1, -0.05) is 30.3 Å². The quantitative estimate of drug-likeness (QED) is 0.705. The van der Waals surface area contributed by atoms with Crippen molar-refractivity contribution in [2.45, 2.75) is 19.3 Å². The van der Waals surface area contributed by atoms with Gasteiger partial charge in [0.05, 0.1) is 0 Å². The molecule has 13 heavy (non-hydrogen) atoms. The third-order valence-corrected chi connectivity index (χ3v) is 1.78. The molecule has 0 radical (unpaired) electrons. The second-order valence-corrected chi connectivity index (χ2v) is 2.92. The van der Waals surface area contributed by atoms with Crippen molar-refractivity contribution >= 4 is 5.78 Å². The maximum absolute atomic E-state index is 12.9. The molecule has 0 aliphatic rings. The van der Waals surface area contributed by atoms with E-state index in [1.54, 1.807) is 30.3 Å². The van der Waals surface area contributed by atoms with Crippen LogP contribution in [0.1, 0.15) is 12.5 Å². The summed E-state index contributed by atoms with van der Waals surface area (Å²) in [5.41, 5.74) is 0.475. The molecule has 0 spiro atoms. The zero-order valence-corrected chi connectivity index (χ0v) is 7.26. The summed E-state index contributed by atoms with van der Waals surface area (Å²) in [5, 5.41) is 0. The summed E-state index contributed by atoms with van der Waals surface area (Å²) < 4.78 is 25.8. The van der Waals surface area contributed by atoms with Crippen molar-refractivity contribution in [3.8, 4) is 0 Å². The molecular weight excluding hydrogens is 174 g/mol. The molecule has 1 rings (SSSR count). The van der Waals surface area contributed by atoms with Gasteiger partial charge in [-0.15, -0.1) is 0 Å². The Kier molecular flexibility index (Phi) is 2.76. The van der Waals surface area contributed by atoms with Crippen LogP contribution in [0.3, 0.4) is 0 Å². The van der Waals surface area contributed by atoms with Gasteiger partial charge < -0.3 is 0 Å². The lowest BCUT2D eigenvalue weighted by Crippen LogP contribution is -2.28. The molecule has 0 aliphatic carbocycles. The zero-order valence-electron chi connectivity index (χ0n) is 7.26. The van der Waals surface area contributed by atoms with Gasteiger partial charge in [-0.05, 0) is 5.56 Å². The van der Waals surface area contributed by atoms with E-state index in [0.29, 0.717) is 5.56 Å². The van der Waals surface area contributed by atoms with E-state index in [1.165, 1.54) is 0 Å². The molecule has 0 heterocycles. The number of Topliss-reactive ketones (excluding diaryl/α,β-unsaturated/α-hetero) is 1. The summed E-state index contributed by atoms with van der Waals surface area (Å²) >= 11 is 0. The van der Waals surface area contributed by atoms with Crippen LogP contribution in [-0.2, 0) is 11.2 Å². The van der Waals surface area contributed by atoms with E-state index in [9.17, 15) is 13.6 Å². The molecule has 0 N–H and O–H groups in total. The maximum atomic E-state index is 12.9. The van der Waals surface area contributed by atoms with E-state index < -0.39 is 18.1 Å². The number of hydrogen-bond acceptors (Lipinski definition) is 1. The van der Waals surface area contributed by atoms with Crippen molar-refractivity contribution in [3.05, 3.63) is 35.9 Å². The molecule has 0 fully saturated rings. The van der Waals surface area contributed by atoms with Crippen molar-refractivity contribution in [1.82, 2.24) is 0 Å². The number of alkyl halides is 2. The molecule has 3 heteroatoms. The van der Waals surface area contributed by atoms with Crippen LogP contribution in [0.25, 0.3) is 0 Å². The van der Waals surface area contributed by atoms with E-state index in [-0.39, 0.29) is 0 Å². The highest BCUT2D eigenvalue weighted by Gasteiger charge is 2.34. The minimum Gasteiger partial charge on any atom is -0.293 e. The van der Waals surface area contributed by atoms with Crippen LogP contribution < -0.4 is 0 Å². The first kappa shape index (κ1) is 9.84. The molecule has 0 saturated heterocycles. The van der Waals surface area contributed by atoms with Crippen molar-refractivity contribution in [2.75, 3.05) is 0 Å². The molecule has 0 amide bonds. The smallest absolute Gasteiger partial charge is 0.293 e. The summed E-state index contributed by atoms with van der Waals surface area (Å²) in [7, 11) is 0. The highest BCUT2D eigenvalue weighted by molar-refractivity contribution is 5.83. The molecular formula is C10H10F2O. The van der Waals surface area contributed by atoms with Gasteiger partial charge in [0.25, 0.3) is 0 Å².